The van der Waals surface area contributed by atoms with Crippen LogP contribution in [0.4, 0.5) is 17.5 Å². The third-order valence-corrected chi connectivity index (χ3v) is 5.42. The van der Waals surface area contributed by atoms with E-state index in [2.05, 4.69) is 31.0 Å². The fourth-order valence-corrected chi connectivity index (χ4v) is 3.89. The van der Waals surface area contributed by atoms with Crippen molar-refractivity contribution in [3.63, 3.8) is 0 Å². The standard InChI is InChI=1S/C21H18N8O2S/c1-12-9-17(28-27-12)25-21-26-19(10-18-23-13(2)11-29(18)21)32-15-5-3-14(4-6-15)24-20(30)16-7-8-22-31-16/h3-11H,1-2H3,(H,24,30)(H2,25,26,27,28). The van der Waals surface area contributed by atoms with Crippen LogP contribution in [0.2, 0.25) is 0 Å². The van der Waals surface area contributed by atoms with Gasteiger partial charge in [-0.15, -0.1) is 0 Å². The summed E-state index contributed by atoms with van der Waals surface area (Å²) in [5.41, 5.74) is 3.28. The summed E-state index contributed by atoms with van der Waals surface area (Å²) in [6.07, 6.45) is 3.35. The van der Waals surface area contributed by atoms with Crippen LogP contribution in [0.1, 0.15) is 21.9 Å². The highest BCUT2D eigenvalue weighted by Crippen LogP contribution is 2.30. The number of H-pyrrole nitrogens is 1. The average Bonchev–Trinajstić information content (AvgIpc) is 3.51. The van der Waals surface area contributed by atoms with Gasteiger partial charge in [0.15, 0.2) is 5.82 Å². The molecule has 5 aromatic rings. The summed E-state index contributed by atoms with van der Waals surface area (Å²) in [5, 5.41) is 17.5. The summed E-state index contributed by atoms with van der Waals surface area (Å²) in [6, 6.07) is 12.8. The SMILES string of the molecule is Cc1cn2c(Nc3cc(C)[nH]n3)nc(Sc3ccc(NC(=O)c4ccno4)cc3)cc2n1. The zero-order chi connectivity index (χ0) is 22.1. The van der Waals surface area contributed by atoms with Gasteiger partial charge >= 0.3 is 0 Å². The number of nitrogens with one attached hydrogen (secondary N) is 3. The predicted octanol–water partition coefficient (Wildman–Crippen LogP) is 4.20. The normalized spacial score (nSPS) is 11.1. The topological polar surface area (TPSA) is 126 Å². The summed E-state index contributed by atoms with van der Waals surface area (Å²) in [7, 11) is 0. The molecule has 32 heavy (non-hydrogen) atoms. The number of carbonyl (C=O) groups excluding carboxylic acids is 1. The van der Waals surface area contributed by atoms with Gasteiger partial charge in [-0.1, -0.05) is 16.9 Å². The quantitative estimate of drug-likeness (QED) is 0.331. The summed E-state index contributed by atoms with van der Waals surface area (Å²) >= 11 is 1.49. The summed E-state index contributed by atoms with van der Waals surface area (Å²) < 4.78 is 6.76. The second kappa shape index (κ2) is 8.19. The number of carbonyl (C=O) groups is 1. The molecule has 0 saturated heterocycles. The van der Waals surface area contributed by atoms with E-state index in [1.165, 1.54) is 24.0 Å². The van der Waals surface area contributed by atoms with Crippen molar-refractivity contribution in [2.24, 2.45) is 0 Å². The molecule has 0 unspecified atom stereocenters. The number of rotatable bonds is 6. The van der Waals surface area contributed by atoms with Gasteiger partial charge in [0.2, 0.25) is 11.7 Å². The van der Waals surface area contributed by atoms with Crippen molar-refractivity contribution in [1.82, 2.24) is 29.7 Å². The van der Waals surface area contributed by atoms with E-state index < -0.39 is 0 Å². The van der Waals surface area contributed by atoms with Crippen molar-refractivity contribution in [3.8, 4) is 0 Å². The molecule has 0 saturated carbocycles. The van der Waals surface area contributed by atoms with E-state index in [0.717, 1.165) is 27.0 Å². The van der Waals surface area contributed by atoms with Gasteiger partial charge in [-0.3, -0.25) is 14.3 Å². The number of aryl methyl sites for hydroxylation is 2. The number of benzene rings is 1. The fraction of sp³-hybridized carbons (Fsp3) is 0.0952. The maximum Gasteiger partial charge on any atom is 0.294 e. The molecule has 0 bridgehead atoms. The molecule has 11 heteroatoms. The molecular formula is C21H18N8O2S. The molecule has 0 fully saturated rings. The fourth-order valence-electron chi connectivity index (χ4n) is 3.08. The number of amides is 1. The minimum atomic E-state index is -0.353. The minimum absolute atomic E-state index is 0.156. The highest BCUT2D eigenvalue weighted by atomic mass is 32.2. The number of fused-ring (bicyclic) bond motifs is 1. The van der Waals surface area contributed by atoms with Crippen molar-refractivity contribution in [2.45, 2.75) is 23.8 Å². The van der Waals surface area contributed by atoms with E-state index in [1.54, 1.807) is 0 Å². The highest BCUT2D eigenvalue weighted by Gasteiger charge is 2.12. The maximum absolute atomic E-state index is 12.1. The Bertz CT molecular complexity index is 1390. The Hall–Kier alpha value is -4.12. The van der Waals surface area contributed by atoms with E-state index in [0.29, 0.717) is 17.5 Å². The van der Waals surface area contributed by atoms with Gasteiger partial charge in [0.05, 0.1) is 11.9 Å². The van der Waals surface area contributed by atoms with Crippen LogP contribution in [0, 0.1) is 13.8 Å². The molecule has 0 aliphatic rings. The van der Waals surface area contributed by atoms with Gasteiger partial charge in [-0.25, -0.2) is 9.97 Å². The first-order valence-electron chi connectivity index (χ1n) is 9.69. The number of nitrogens with zero attached hydrogens (tertiary/aromatic N) is 5. The van der Waals surface area contributed by atoms with Crippen LogP contribution in [0.3, 0.4) is 0 Å². The molecule has 4 heterocycles. The number of anilines is 3. The molecule has 0 atom stereocenters. The summed E-state index contributed by atoms with van der Waals surface area (Å²) in [4.78, 5) is 22.4. The van der Waals surface area contributed by atoms with Crippen LogP contribution in [-0.4, -0.2) is 35.6 Å². The Labute approximate surface area is 186 Å². The second-order valence-electron chi connectivity index (χ2n) is 7.05. The van der Waals surface area contributed by atoms with Gasteiger partial charge in [-0.2, -0.15) is 5.10 Å². The van der Waals surface area contributed by atoms with E-state index in [4.69, 9.17) is 9.51 Å². The van der Waals surface area contributed by atoms with Crippen LogP contribution < -0.4 is 10.6 Å². The Morgan fingerprint density at radius 2 is 1.97 bits per heavy atom. The van der Waals surface area contributed by atoms with Gasteiger partial charge in [0.25, 0.3) is 5.91 Å². The molecule has 5 rings (SSSR count). The Morgan fingerprint density at radius 1 is 1.12 bits per heavy atom. The van der Waals surface area contributed by atoms with E-state index in [-0.39, 0.29) is 11.7 Å². The first kappa shape index (κ1) is 19.8. The van der Waals surface area contributed by atoms with E-state index in [1.807, 2.05) is 60.8 Å². The third kappa shape index (κ3) is 4.18. The number of imidazole rings is 1. The number of hydrogen-bond donors (Lipinski definition) is 3. The van der Waals surface area contributed by atoms with Crippen LogP contribution >= 0.6 is 11.8 Å². The lowest BCUT2D eigenvalue weighted by Crippen LogP contribution is -2.10. The minimum Gasteiger partial charge on any atom is -0.351 e. The second-order valence-corrected chi connectivity index (χ2v) is 8.14. The van der Waals surface area contributed by atoms with Gasteiger partial charge in [0.1, 0.15) is 10.7 Å². The molecule has 10 nitrogen and oxygen atoms in total. The maximum atomic E-state index is 12.1. The summed E-state index contributed by atoms with van der Waals surface area (Å²) in [5.74, 6) is 1.10. The number of aromatic nitrogens is 6. The molecule has 0 radical (unpaired) electrons. The molecule has 0 aliphatic carbocycles. The Morgan fingerprint density at radius 3 is 2.69 bits per heavy atom. The smallest absolute Gasteiger partial charge is 0.294 e. The number of aromatic amines is 1. The van der Waals surface area contributed by atoms with Crippen LogP contribution in [0.15, 0.2) is 69.3 Å². The van der Waals surface area contributed by atoms with Crippen molar-refractivity contribution >= 4 is 40.8 Å². The monoisotopic (exact) mass is 446 g/mol. The largest absolute Gasteiger partial charge is 0.351 e. The van der Waals surface area contributed by atoms with Gasteiger partial charge < -0.3 is 15.2 Å². The molecule has 0 aliphatic heterocycles. The molecule has 160 valence electrons. The first-order valence-corrected chi connectivity index (χ1v) is 10.5. The van der Waals surface area contributed by atoms with Crippen molar-refractivity contribution in [2.75, 3.05) is 10.6 Å². The zero-order valence-electron chi connectivity index (χ0n) is 17.2. The average molecular weight is 446 g/mol. The zero-order valence-corrected chi connectivity index (χ0v) is 18.0. The van der Waals surface area contributed by atoms with E-state index >= 15 is 0 Å². The molecule has 0 spiro atoms. The van der Waals surface area contributed by atoms with Crippen molar-refractivity contribution in [1.29, 1.82) is 0 Å². The first-order chi connectivity index (χ1) is 15.5. The number of hydrogen-bond acceptors (Lipinski definition) is 8. The van der Waals surface area contributed by atoms with Gasteiger partial charge in [-0.05, 0) is 38.1 Å². The highest BCUT2D eigenvalue weighted by molar-refractivity contribution is 7.99. The lowest BCUT2D eigenvalue weighted by Gasteiger charge is -2.09. The predicted molar refractivity (Wildman–Crippen MR) is 119 cm³/mol. The molecule has 1 aromatic carbocycles. The lowest BCUT2D eigenvalue weighted by atomic mass is 10.3. The molecule has 4 aromatic heterocycles. The Balaban J connectivity index is 1.37. The lowest BCUT2D eigenvalue weighted by molar-refractivity contribution is 0.0988. The molecule has 1 amide bonds. The van der Waals surface area contributed by atoms with Gasteiger partial charge in [0, 0.05) is 40.7 Å². The van der Waals surface area contributed by atoms with Crippen molar-refractivity contribution < 1.29 is 9.32 Å². The molecular weight excluding hydrogens is 428 g/mol. The van der Waals surface area contributed by atoms with E-state index in [9.17, 15) is 4.79 Å². The summed E-state index contributed by atoms with van der Waals surface area (Å²) in [6.45, 7) is 3.88. The Kier molecular flexibility index (Phi) is 5.07. The van der Waals surface area contributed by atoms with Crippen LogP contribution in [0.5, 0.6) is 0 Å². The third-order valence-electron chi connectivity index (χ3n) is 4.49. The van der Waals surface area contributed by atoms with Crippen LogP contribution in [0.25, 0.3) is 5.65 Å². The van der Waals surface area contributed by atoms with Crippen LogP contribution in [-0.2, 0) is 0 Å². The molecule has 3 N–H and O–H groups in total. The van der Waals surface area contributed by atoms with Crippen molar-refractivity contribution in [3.05, 3.63) is 72.0 Å².